The fraction of sp³-hybridized carbons (Fsp3) is 1.00. The lowest BCUT2D eigenvalue weighted by Crippen LogP contribution is -2.22. The lowest BCUT2D eigenvalue weighted by Gasteiger charge is -2.13. The summed E-state index contributed by atoms with van der Waals surface area (Å²) in [4.78, 5) is 1.91. The molecule has 0 unspecified atom stereocenters. The van der Waals surface area contributed by atoms with Crippen molar-refractivity contribution in [2.45, 2.75) is 57.8 Å². The van der Waals surface area contributed by atoms with Crippen molar-refractivity contribution in [3.8, 4) is 0 Å². The summed E-state index contributed by atoms with van der Waals surface area (Å²) in [7, 11) is 0. The summed E-state index contributed by atoms with van der Waals surface area (Å²) in [5.41, 5.74) is 0. The summed E-state index contributed by atoms with van der Waals surface area (Å²) in [5, 5.41) is 0. The Bertz CT molecular complexity index is 154. The maximum Gasteiger partial charge on any atom is 0.145 e. The first-order valence-corrected chi connectivity index (χ1v) is 6.24. The molecule has 0 saturated carbocycles. The molecule has 0 aromatic carbocycles. The molecule has 1 aliphatic heterocycles. The van der Waals surface area contributed by atoms with Crippen molar-refractivity contribution >= 4 is 0 Å². The first kappa shape index (κ1) is 12.9. The summed E-state index contributed by atoms with van der Waals surface area (Å²) in [5.74, 6) is 0. The largest absolute Gasteiger partial charge is 0.297 e. The van der Waals surface area contributed by atoms with Gasteiger partial charge in [0.15, 0.2) is 0 Å². The van der Waals surface area contributed by atoms with Gasteiger partial charge in [0.05, 0.1) is 0 Å². The van der Waals surface area contributed by atoms with Gasteiger partial charge in [-0.3, -0.25) is 4.90 Å². The van der Waals surface area contributed by atoms with Crippen LogP contribution in [0, 0.1) is 0 Å². The molecule has 1 aliphatic rings. The van der Waals surface area contributed by atoms with E-state index >= 15 is 0 Å². The standard InChI is InChI=1S/C12H23F2N/c1-2-3-4-5-6-7-8-15-9-11(13)12(14)10-15/h11-12H,2-10H2,1H3/t11-,12-/m1/s1. The number of halogens is 2. The average molecular weight is 219 g/mol. The van der Waals surface area contributed by atoms with Crippen molar-refractivity contribution in [1.82, 2.24) is 4.90 Å². The molecule has 1 fully saturated rings. The van der Waals surface area contributed by atoms with Gasteiger partial charge in [-0.05, 0) is 13.0 Å². The Morgan fingerprint density at radius 1 is 0.933 bits per heavy atom. The maximum atomic E-state index is 12.8. The van der Waals surface area contributed by atoms with E-state index in [1.54, 1.807) is 0 Å². The number of hydrogen-bond donors (Lipinski definition) is 0. The van der Waals surface area contributed by atoms with E-state index in [2.05, 4.69) is 6.92 Å². The highest BCUT2D eigenvalue weighted by Gasteiger charge is 2.31. The first-order valence-electron chi connectivity index (χ1n) is 6.24. The van der Waals surface area contributed by atoms with Gasteiger partial charge in [-0.1, -0.05) is 39.0 Å². The smallest absolute Gasteiger partial charge is 0.145 e. The fourth-order valence-corrected chi connectivity index (χ4v) is 2.09. The number of alkyl halides is 2. The minimum absolute atomic E-state index is 0.302. The van der Waals surface area contributed by atoms with Gasteiger partial charge in [-0.25, -0.2) is 8.78 Å². The van der Waals surface area contributed by atoms with Gasteiger partial charge in [0.2, 0.25) is 0 Å². The molecule has 0 radical (unpaired) electrons. The second-order valence-electron chi connectivity index (χ2n) is 4.56. The maximum absolute atomic E-state index is 12.8. The molecule has 2 atom stereocenters. The Kier molecular flexibility index (Phi) is 6.15. The molecule has 3 heteroatoms. The van der Waals surface area contributed by atoms with Gasteiger partial charge < -0.3 is 0 Å². The van der Waals surface area contributed by atoms with E-state index in [4.69, 9.17) is 0 Å². The highest BCUT2D eigenvalue weighted by molar-refractivity contribution is 4.83. The first-order chi connectivity index (χ1) is 7.24. The second kappa shape index (κ2) is 7.15. The van der Waals surface area contributed by atoms with E-state index in [0.29, 0.717) is 13.1 Å². The minimum Gasteiger partial charge on any atom is -0.297 e. The van der Waals surface area contributed by atoms with E-state index in [-0.39, 0.29) is 0 Å². The van der Waals surface area contributed by atoms with Crippen LogP contribution in [0.3, 0.4) is 0 Å². The molecule has 1 heterocycles. The average Bonchev–Trinajstić information content (AvgIpc) is 2.52. The lowest BCUT2D eigenvalue weighted by atomic mass is 10.1. The Morgan fingerprint density at radius 2 is 1.47 bits per heavy atom. The van der Waals surface area contributed by atoms with Crippen LogP contribution in [0.2, 0.25) is 0 Å². The SMILES string of the molecule is CCCCCCCCN1C[C@@H](F)[C@H](F)C1. The molecule has 15 heavy (non-hydrogen) atoms. The predicted octanol–water partition coefficient (Wildman–Crippen LogP) is 3.34. The molecule has 0 bridgehead atoms. The number of hydrogen-bond acceptors (Lipinski definition) is 1. The third kappa shape index (κ3) is 4.92. The van der Waals surface area contributed by atoms with Crippen molar-refractivity contribution in [2.75, 3.05) is 19.6 Å². The number of rotatable bonds is 7. The normalized spacial score (nSPS) is 27.4. The zero-order valence-electron chi connectivity index (χ0n) is 9.72. The molecule has 0 aromatic heterocycles. The Labute approximate surface area is 91.8 Å². The van der Waals surface area contributed by atoms with Crippen LogP contribution in [-0.4, -0.2) is 36.9 Å². The van der Waals surface area contributed by atoms with Crippen molar-refractivity contribution in [2.24, 2.45) is 0 Å². The van der Waals surface area contributed by atoms with Gasteiger partial charge in [-0.2, -0.15) is 0 Å². The van der Waals surface area contributed by atoms with Crippen LogP contribution in [-0.2, 0) is 0 Å². The third-order valence-corrected chi connectivity index (χ3v) is 3.09. The molecule has 0 N–H and O–H groups in total. The molecule has 0 spiro atoms. The van der Waals surface area contributed by atoms with Crippen molar-refractivity contribution in [1.29, 1.82) is 0 Å². The van der Waals surface area contributed by atoms with Crippen LogP contribution in [0.4, 0.5) is 8.78 Å². The lowest BCUT2D eigenvalue weighted by molar-refractivity contribution is 0.217. The number of unbranched alkanes of at least 4 members (excludes halogenated alkanes) is 5. The summed E-state index contributed by atoms with van der Waals surface area (Å²) < 4.78 is 25.7. The number of likely N-dealkylation sites (tertiary alicyclic amines) is 1. The quantitative estimate of drug-likeness (QED) is 0.594. The zero-order valence-corrected chi connectivity index (χ0v) is 9.72. The Hall–Kier alpha value is -0.180. The van der Waals surface area contributed by atoms with E-state index in [1.165, 1.54) is 32.1 Å². The van der Waals surface area contributed by atoms with Gasteiger partial charge in [0, 0.05) is 13.1 Å². The predicted molar refractivity (Wildman–Crippen MR) is 59.6 cm³/mol. The molecule has 1 rings (SSSR count). The van der Waals surface area contributed by atoms with Crippen molar-refractivity contribution in [3.63, 3.8) is 0 Å². The number of nitrogens with zero attached hydrogens (tertiary/aromatic N) is 1. The topological polar surface area (TPSA) is 3.24 Å². The highest BCUT2D eigenvalue weighted by atomic mass is 19.2. The van der Waals surface area contributed by atoms with Gasteiger partial charge in [0.1, 0.15) is 12.3 Å². The van der Waals surface area contributed by atoms with E-state index in [0.717, 1.165) is 13.0 Å². The fourth-order valence-electron chi connectivity index (χ4n) is 2.09. The molecule has 1 nitrogen and oxygen atoms in total. The van der Waals surface area contributed by atoms with Crippen LogP contribution in [0.1, 0.15) is 45.4 Å². The molecular formula is C12H23F2N. The molecular weight excluding hydrogens is 196 g/mol. The summed E-state index contributed by atoms with van der Waals surface area (Å²) in [6.07, 6.45) is 4.93. The van der Waals surface area contributed by atoms with Gasteiger partial charge in [0.25, 0.3) is 0 Å². The van der Waals surface area contributed by atoms with Gasteiger partial charge in [-0.15, -0.1) is 0 Å². The summed E-state index contributed by atoms with van der Waals surface area (Å²) in [6, 6.07) is 0. The molecule has 0 aliphatic carbocycles. The molecule has 0 amide bonds. The Balaban J connectivity index is 1.92. The van der Waals surface area contributed by atoms with Crippen LogP contribution < -0.4 is 0 Å². The monoisotopic (exact) mass is 219 g/mol. The summed E-state index contributed by atoms with van der Waals surface area (Å²) >= 11 is 0. The van der Waals surface area contributed by atoms with Crippen LogP contribution in [0.25, 0.3) is 0 Å². The molecule has 90 valence electrons. The molecule has 0 aromatic rings. The zero-order chi connectivity index (χ0) is 11.1. The van der Waals surface area contributed by atoms with E-state index in [1.807, 2.05) is 4.90 Å². The Morgan fingerprint density at radius 3 is 2.07 bits per heavy atom. The van der Waals surface area contributed by atoms with Crippen LogP contribution >= 0.6 is 0 Å². The highest BCUT2D eigenvalue weighted by Crippen LogP contribution is 2.17. The van der Waals surface area contributed by atoms with E-state index in [9.17, 15) is 8.78 Å². The van der Waals surface area contributed by atoms with E-state index < -0.39 is 12.3 Å². The minimum atomic E-state index is -1.25. The summed E-state index contributed by atoms with van der Waals surface area (Å²) in [6.45, 7) is 3.67. The van der Waals surface area contributed by atoms with Crippen molar-refractivity contribution < 1.29 is 8.78 Å². The molecule has 1 saturated heterocycles. The van der Waals surface area contributed by atoms with Gasteiger partial charge >= 0.3 is 0 Å². The second-order valence-corrected chi connectivity index (χ2v) is 4.56. The van der Waals surface area contributed by atoms with Crippen molar-refractivity contribution in [3.05, 3.63) is 0 Å². The third-order valence-electron chi connectivity index (χ3n) is 3.09. The van der Waals surface area contributed by atoms with Crippen LogP contribution in [0.5, 0.6) is 0 Å². The van der Waals surface area contributed by atoms with Crippen LogP contribution in [0.15, 0.2) is 0 Å².